The van der Waals surface area contributed by atoms with Gasteiger partial charge in [-0.2, -0.15) is 0 Å². The van der Waals surface area contributed by atoms with Crippen LogP contribution in [0.25, 0.3) is 0 Å². The summed E-state index contributed by atoms with van der Waals surface area (Å²) < 4.78 is 27.6. The van der Waals surface area contributed by atoms with Crippen molar-refractivity contribution in [2.45, 2.75) is 11.8 Å². The van der Waals surface area contributed by atoms with E-state index in [1.165, 1.54) is 18.2 Å². The van der Waals surface area contributed by atoms with E-state index in [1.54, 1.807) is 6.92 Å². The Morgan fingerprint density at radius 1 is 1.53 bits per heavy atom. The predicted molar refractivity (Wildman–Crippen MR) is 71.6 cm³/mol. The number of halogens is 1. The van der Waals surface area contributed by atoms with Crippen molar-refractivity contribution in [3.63, 3.8) is 0 Å². The first-order valence-electron chi connectivity index (χ1n) is 5.23. The fraction of sp³-hybridized carbons (Fsp3) is 0.250. The molecule has 0 aromatic heterocycles. The topological polar surface area (TPSA) is 72.5 Å². The molecule has 0 radical (unpaired) electrons. The quantitative estimate of drug-likeness (QED) is 0.652. The molecule has 19 heavy (non-hydrogen) atoms. The Hall–Kier alpha value is -1.71. The normalized spacial score (nSPS) is 10.6. The maximum atomic E-state index is 11.2. The summed E-state index contributed by atoms with van der Waals surface area (Å²) in [5, 5.41) is 2.44. The second-order valence-electron chi connectivity index (χ2n) is 3.63. The first-order chi connectivity index (χ1) is 8.84. The fourth-order valence-corrected chi connectivity index (χ4v) is 2.53. The molecule has 5 nitrogen and oxygen atoms in total. The minimum atomic E-state index is -3.78. The van der Waals surface area contributed by atoms with E-state index in [0.717, 1.165) is 0 Å². The van der Waals surface area contributed by atoms with Gasteiger partial charge in [-0.25, -0.2) is 8.42 Å². The number of rotatable bonds is 5. The van der Waals surface area contributed by atoms with Crippen LogP contribution in [0.15, 0.2) is 23.1 Å². The van der Waals surface area contributed by atoms with Crippen molar-refractivity contribution in [1.29, 1.82) is 0 Å². The Balaban J connectivity index is 2.70. The van der Waals surface area contributed by atoms with E-state index in [9.17, 15) is 13.2 Å². The average molecular weight is 302 g/mol. The molecule has 0 unspecified atom stereocenters. The van der Waals surface area contributed by atoms with Gasteiger partial charge in [-0.05, 0) is 30.7 Å². The van der Waals surface area contributed by atoms with Crippen LogP contribution in [0.1, 0.15) is 5.56 Å². The van der Waals surface area contributed by atoms with Crippen LogP contribution < -0.4 is 10.1 Å². The van der Waals surface area contributed by atoms with Gasteiger partial charge in [0.2, 0.25) is 0 Å². The lowest BCUT2D eigenvalue weighted by atomic mass is 10.2. The highest BCUT2D eigenvalue weighted by Gasteiger charge is 2.14. The second-order valence-corrected chi connectivity index (χ2v) is 6.17. The Morgan fingerprint density at radius 2 is 2.21 bits per heavy atom. The van der Waals surface area contributed by atoms with E-state index < -0.39 is 9.05 Å². The molecule has 0 aliphatic heterocycles. The van der Waals surface area contributed by atoms with E-state index in [4.69, 9.17) is 21.8 Å². The summed E-state index contributed by atoms with van der Waals surface area (Å²) in [5.41, 5.74) is 0.441. The van der Waals surface area contributed by atoms with Crippen molar-refractivity contribution < 1.29 is 17.9 Å². The molecule has 1 aromatic rings. The maximum absolute atomic E-state index is 11.2. The first kappa shape index (κ1) is 15.3. The van der Waals surface area contributed by atoms with Crippen LogP contribution in [0.4, 0.5) is 0 Å². The zero-order chi connectivity index (χ0) is 14.5. The number of amides is 1. The highest BCUT2D eigenvalue weighted by Crippen LogP contribution is 2.23. The number of carbonyl (C=O) groups is 1. The standard InChI is InChI=1S/C12H12ClNO4S/c1-3-6-14-12(15)8-18-10-4-5-11(9(2)7-10)19(13,16)17/h1,4-5,7H,6,8H2,2H3,(H,14,15). The van der Waals surface area contributed by atoms with Crippen LogP contribution in [0.3, 0.4) is 0 Å². The van der Waals surface area contributed by atoms with E-state index in [1.807, 2.05) is 0 Å². The summed E-state index contributed by atoms with van der Waals surface area (Å²) in [6.07, 6.45) is 4.99. The number of ether oxygens (including phenoxy) is 1. The molecule has 0 bridgehead atoms. The Bertz CT molecular complexity index is 619. The van der Waals surface area contributed by atoms with E-state index >= 15 is 0 Å². The molecule has 102 valence electrons. The first-order valence-corrected chi connectivity index (χ1v) is 7.54. The number of hydrogen-bond donors (Lipinski definition) is 1. The van der Waals surface area contributed by atoms with Crippen molar-refractivity contribution in [2.75, 3.05) is 13.2 Å². The molecule has 0 aliphatic carbocycles. The van der Waals surface area contributed by atoms with Gasteiger partial charge in [0, 0.05) is 10.7 Å². The van der Waals surface area contributed by atoms with Crippen LogP contribution in [-0.4, -0.2) is 27.5 Å². The molecule has 0 atom stereocenters. The van der Waals surface area contributed by atoms with Gasteiger partial charge in [-0.15, -0.1) is 6.42 Å². The van der Waals surface area contributed by atoms with Gasteiger partial charge in [0.15, 0.2) is 6.61 Å². The third-order valence-electron chi connectivity index (χ3n) is 2.17. The number of aryl methyl sites for hydroxylation is 1. The van der Waals surface area contributed by atoms with Crippen molar-refractivity contribution in [3.05, 3.63) is 23.8 Å². The van der Waals surface area contributed by atoms with Crippen LogP contribution in [-0.2, 0) is 13.8 Å². The molecule has 1 N–H and O–H groups in total. The van der Waals surface area contributed by atoms with Gasteiger partial charge in [-0.1, -0.05) is 5.92 Å². The molecule has 0 saturated carbocycles. The van der Waals surface area contributed by atoms with Gasteiger partial charge >= 0.3 is 0 Å². The maximum Gasteiger partial charge on any atom is 0.261 e. The predicted octanol–water partition coefficient (Wildman–Crippen LogP) is 1.05. The zero-order valence-corrected chi connectivity index (χ0v) is 11.7. The van der Waals surface area contributed by atoms with Crippen molar-refractivity contribution >= 4 is 25.6 Å². The molecular weight excluding hydrogens is 290 g/mol. The molecule has 1 aromatic carbocycles. The minimum Gasteiger partial charge on any atom is -0.484 e. The largest absolute Gasteiger partial charge is 0.484 e. The van der Waals surface area contributed by atoms with Crippen LogP contribution in [0.2, 0.25) is 0 Å². The number of carbonyl (C=O) groups excluding carboxylic acids is 1. The van der Waals surface area contributed by atoms with Crippen LogP contribution >= 0.6 is 10.7 Å². The van der Waals surface area contributed by atoms with Gasteiger partial charge in [0.25, 0.3) is 15.0 Å². The molecule has 0 heterocycles. The molecule has 0 aliphatic rings. The van der Waals surface area contributed by atoms with E-state index in [-0.39, 0.29) is 24.0 Å². The molecule has 1 amide bonds. The van der Waals surface area contributed by atoms with E-state index in [0.29, 0.717) is 11.3 Å². The summed E-state index contributed by atoms with van der Waals surface area (Å²) in [4.78, 5) is 11.3. The summed E-state index contributed by atoms with van der Waals surface area (Å²) >= 11 is 0. The zero-order valence-electron chi connectivity index (χ0n) is 10.1. The molecule has 0 spiro atoms. The van der Waals surface area contributed by atoms with Gasteiger partial charge in [-0.3, -0.25) is 4.79 Å². The third kappa shape index (κ3) is 4.81. The monoisotopic (exact) mass is 301 g/mol. The van der Waals surface area contributed by atoms with Crippen molar-refractivity contribution in [3.8, 4) is 18.1 Å². The molecule has 0 fully saturated rings. The highest BCUT2D eigenvalue weighted by molar-refractivity contribution is 8.13. The summed E-state index contributed by atoms with van der Waals surface area (Å²) in [5.74, 6) is 2.28. The minimum absolute atomic E-state index is 0.0123. The lowest BCUT2D eigenvalue weighted by Gasteiger charge is -2.08. The SMILES string of the molecule is C#CCNC(=O)COc1ccc(S(=O)(=O)Cl)c(C)c1. The lowest BCUT2D eigenvalue weighted by molar-refractivity contribution is -0.122. The van der Waals surface area contributed by atoms with Crippen LogP contribution in [0.5, 0.6) is 5.75 Å². The molecule has 7 heteroatoms. The van der Waals surface area contributed by atoms with Gasteiger partial charge < -0.3 is 10.1 Å². The Morgan fingerprint density at radius 3 is 2.74 bits per heavy atom. The Labute approximate surface area is 116 Å². The number of hydrogen-bond acceptors (Lipinski definition) is 4. The number of nitrogens with one attached hydrogen (secondary N) is 1. The average Bonchev–Trinajstić information content (AvgIpc) is 2.32. The second kappa shape index (κ2) is 6.45. The van der Waals surface area contributed by atoms with Crippen molar-refractivity contribution in [2.24, 2.45) is 0 Å². The third-order valence-corrected chi connectivity index (χ3v) is 3.65. The highest BCUT2D eigenvalue weighted by atomic mass is 35.7. The number of benzene rings is 1. The molecular formula is C12H12ClNO4S. The summed E-state index contributed by atoms with van der Waals surface area (Å²) in [6, 6.07) is 4.24. The molecule has 1 rings (SSSR count). The smallest absolute Gasteiger partial charge is 0.261 e. The van der Waals surface area contributed by atoms with Crippen molar-refractivity contribution in [1.82, 2.24) is 5.32 Å². The van der Waals surface area contributed by atoms with Gasteiger partial charge in [0.1, 0.15) is 5.75 Å². The lowest BCUT2D eigenvalue weighted by Crippen LogP contribution is -2.29. The Kier molecular flexibility index (Phi) is 5.21. The number of terminal acetylenes is 1. The fourth-order valence-electron chi connectivity index (χ4n) is 1.33. The van der Waals surface area contributed by atoms with E-state index in [2.05, 4.69) is 11.2 Å². The summed E-state index contributed by atoms with van der Waals surface area (Å²) in [7, 11) is 1.47. The molecule has 0 saturated heterocycles. The van der Waals surface area contributed by atoms with Gasteiger partial charge in [0.05, 0.1) is 11.4 Å². The summed E-state index contributed by atoms with van der Waals surface area (Å²) in [6.45, 7) is 1.51. The van der Waals surface area contributed by atoms with Crippen LogP contribution in [0, 0.1) is 19.3 Å².